The first-order valence-corrected chi connectivity index (χ1v) is 12.6. The lowest BCUT2D eigenvalue weighted by molar-refractivity contribution is 0.125. The van der Waals surface area contributed by atoms with Crippen molar-refractivity contribution in [3.63, 3.8) is 0 Å². The van der Waals surface area contributed by atoms with Gasteiger partial charge in [0.1, 0.15) is 0 Å². The first-order chi connectivity index (χ1) is 14.3. The number of hydrogen-bond donors (Lipinski definition) is 2. The van der Waals surface area contributed by atoms with Crippen LogP contribution in [0.2, 0.25) is 0 Å². The number of guanidine groups is 1. The van der Waals surface area contributed by atoms with E-state index in [-0.39, 0.29) is 0 Å². The van der Waals surface area contributed by atoms with E-state index in [0.29, 0.717) is 12.0 Å². The normalized spacial score (nSPS) is 24.6. The number of piperidine rings is 2. The zero-order valence-corrected chi connectivity index (χ0v) is 19.4. The SMILES string of the molecule is CN=C(NCCCCCN1CCCCC1)NCC1CCCN(C)C1c1cccs1. The van der Waals surface area contributed by atoms with Gasteiger partial charge in [-0.1, -0.05) is 18.9 Å². The van der Waals surface area contributed by atoms with Gasteiger partial charge in [0, 0.05) is 31.1 Å². The molecule has 5 nitrogen and oxygen atoms in total. The standard InChI is InChI=1S/C23H41N5S/c1-24-23(25-13-5-3-6-15-28-16-7-4-8-17-28)26-19-20-11-9-14-27(2)22(20)21-12-10-18-29-21/h10,12,18,20,22H,3-9,11,13-17,19H2,1-2H3,(H2,24,25,26). The van der Waals surface area contributed by atoms with E-state index in [0.717, 1.165) is 19.0 Å². The first kappa shape index (κ1) is 22.6. The largest absolute Gasteiger partial charge is 0.356 e. The Morgan fingerprint density at radius 2 is 1.97 bits per heavy atom. The molecule has 0 aromatic carbocycles. The van der Waals surface area contributed by atoms with Crippen molar-refractivity contribution in [2.75, 3.05) is 53.4 Å². The Morgan fingerprint density at radius 3 is 2.72 bits per heavy atom. The summed E-state index contributed by atoms with van der Waals surface area (Å²) in [5, 5.41) is 9.33. The fourth-order valence-electron chi connectivity index (χ4n) is 4.86. The van der Waals surface area contributed by atoms with Gasteiger partial charge in [-0.05, 0) is 89.1 Å². The minimum absolute atomic E-state index is 0.532. The molecule has 1 aromatic heterocycles. The van der Waals surface area contributed by atoms with Gasteiger partial charge in [-0.15, -0.1) is 11.3 Å². The Hall–Kier alpha value is -1.11. The van der Waals surface area contributed by atoms with E-state index in [4.69, 9.17) is 0 Å². The highest BCUT2D eigenvalue weighted by Crippen LogP contribution is 2.36. The van der Waals surface area contributed by atoms with Crippen LogP contribution < -0.4 is 10.6 Å². The van der Waals surface area contributed by atoms with Crippen molar-refractivity contribution in [2.45, 2.75) is 57.4 Å². The van der Waals surface area contributed by atoms with Gasteiger partial charge in [0.2, 0.25) is 0 Å². The molecule has 1 aromatic rings. The summed E-state index contributed by atoms with van der Waals surface area (Å²) in [6, 6.07) is 5.00. The molecule has 0 amide bonds. The molecule has 3 heterocycles. The lowest BCUT2D eigenvalue weighted by atomic mass is 9.88. The van der Waals surface area contributed by atoms with Gasteiger partial charge in [-0.3, -0.25) is 9.89 Å². The Balaban J connectivity index is 1.33. The smallest absolute Gasteiger partial charge is 0.190 e. The second kappa shape index (κ2) is 12.6. The van der Waals surface area contributed by atoms with Crippen molar-refractivity contribution < 1.29 is 0 Å². The highest BCUT2D eigenvalue weighted by atomic mass is 32.1. The number of nitrogens with one attached hydrogen (secondary N) is 2. The zero-order valence-electron chi connectivity index (χ0n) is 18.5. The molecule has 164 valence electrons. The molecule has 0 saturated carbocycles. The molecule has 0 aliphatic carbocycles. The molecule has 2 N–H and O–H groups in total. The van der Waals surface area contributed by atoms with Gasteiger partial charge in [0.15, 0.2) is 5.96 Å². The predicted octanol–water partition coefficient (Wildman–Crippen LogP) is 3.95. The fourth-order valence-corrected chi connectivity index (χ4v) is 5.84. The maximum absolute atomic E-state index is 4.45. The lowest BCUT2D eigenvalue weighted by Crippen LogP contribution is -2.45. The van der Waals surface area contributed by atoms with E-state index in [2.05, 4.69) is 50.0 Å². The van der Waals surface area contributed by atoms with Crippen LogP contribution in [0.5, 0.6) is 0 Å². The van der Waals surface area contributed by atoms with Gasteiger partial charge in [0.25, 0.3) is 0 Å². The molecular weight excluding hydrogens is 378 g/mol. The summed E-state index contributed by atoms with van der Waals surface area (Å²) in [7, 11) is 4.16. The Bertz CT molecular complexity index is 582. The summed E-state index contributed by atoms with van der Waals surface area (Å²) in [5.74, 6) is 1.59. The summed E-state index contributed by atoms with van der Waals surface area (Å²) in [5.41, 5.74) is 0. The van der Waals surface area contributed by atoms with Gasteiger partial charge < -0.3 is 15.5 Å². The van der Waals surface area contributed by atoms with Crippen molar-refractivity contribution >= 4 is 17.3 Å². The molecule has 0 spiro atoms. The summed E-state index contributed by atoms with van der Waals surface area (Å²) >= 11 is 1.89. The molecule has 2 fully saturated rings. The van der Waals surface area contributed by atoms with Crippen molar-refractivity contribution in [3.05, 3.63) is 22.4 Å². The third kappa shape index (κ3) is 7.26. The molecule has 6 heteroatoms. The zero-order chi connectivity index (χ0) is 20.3. The van der Waals surface area contributed by atoms with Gasteiger partial charge in [-0.2, -0.15) is 0 Å². The van der Waals surface area contributed by atoms with E-state index < -0.39 is 0 Å². The molecule has 2 atom stereocenters. The average molecular weight is 420 g/mol. The number of aliphatic imine (C=N–C) groups is 1. The van der Waals surface area contributed by atoms with Crippen LogP contribution in [-0.4, -0.2) is 69.1 Å². The Morgan fingerprint density at radius 1 is 1.10 bits per heavy atom. The first-order valence-electron chi connectivity index (χ1n) is 11.7. The maximum atomic E-state index is 4.45. The lowest BCUT2D eigenvalue weighted by Gasteiger charge is -2.39. The number of likely N-dealkylation sites (tertiary alicyclic amines) is 2. The third-order valence-corrected chi connectivity index (χ3v) is 7.43. The van der Waals surface area contributed by atoms with Gasteiger partial charge in [-0.25, -0.2) is 0 Å². The van der Waals surface area contributed by atoms with Crippen LogP contribution >= 0.6 is 11.3 Å². The molecule has 2 unspecified atom stereocenters. The minimum Gasteiger partial charge on any atom is -0.356 e. The molecule has 29 heavy (non-hydrogen) atoms. The van der Waals surface area contributed by atoms with Gasteiger partial charge in [0.05, 0.1) is 0 Å². The highest BCUT2D eigenvalue weighted by Gasteiger charge is 2.31. The molecular formula is C23H41N5S. The molecule has 2 aliphatic rings. The third-order valence-electron chi connectivity index (χ3n) is 6.49. The van der Waals surface area contributed by atoms with Crippen LogP contribution in [0.25, 0.3) is 0 Å². The van der Waals surface area contributed by atoms with Crippen molar-refractivity contribution in [1.82, 2.24) is 20.4 Å². The maximum Gasteiger partial charge on any atom is 0.190 e. The fraction of sp³-hybridized carbons (Fsp3) is 0.783. The highest BCUT2D eigenvalue weighted by molar-refractivity contribution is 7.10. The average Bonchev–Trinajstić information content (AvgIpc) is 3.28. The molecule has 2 saturated heterocycles. The number of thiophene rings is 1. The molecule has 3 rings (SSSR count). The second-order valence-electron chi connectivity index (χ2n) is 8.69. The van der Waals surface area contributed by atoms with E-state index in [1.54, 1.807) is 0 Å². The van der Waals surface area contributed by atoms with Crippen molar-refractivity contribution in [3.8, 4) is 0 Å². The van der Waals surface area contributed by atoms with Crippen LogP contribution in [0.1, 0.15) is 62.3 Å². The van der Waals surface area contributed by atoms with Crippen LogP contribution in [-0.2, 0) is 0 Å². The summed E-state index contributed by atoms with van der Waals surface area (Å²) in [6.07, 6.45) is 10.6. The van der Waals surface area contributed by atoms with Crippen LogP contribution in [0.15, 0.2) is 22.5 Å². The van der Waals surface area contributed by atoms with E-state index >= 15 is 0 Å². The second-order valence-corrected chi connectivity index (χ2v) is 9.67. The topological polar surface area (TPSA) is 42.9 Å². The number of nitrogens with zero attached hydrogens (tertiary/aromatic N) is 3. The quantitative estimate of drug-likeness (QED) is 0.361. The molecule has 0 bridgehead atoms. The van der Waals surface area contributed by atoms with Gasteiger partial charge >= 0.3 is 0 Å². The number of unbranched alkanes of at least 4 members (excludes halogenated alkanes) is 2. The summed E-state index contributed by atoms with van der Waals surface area (Å²) in [6.45, 7) is 7.12. The van der Waals surface area contributed by atoms with E-state index in [9.17, 15) is 0 Å². The van der Waals surface area contributed by atoms with Crippen molar-refractivity contribution in [1.29, 1.82) is 0 Å². The summed E-state index contributed by atoms with van der Waals surface area (Å²) < 4.78 is 0. The predicted molar refractivity (Wildman–Crippen MR) is 126 cm³/mol. The number of hydrogen-bond acceptors (Lipinski definition) is 4. The van der Waals surface area contributed by atoms with Crippen LogP contribution in [0.3, 0.4) is 0 Å². The minimum atomic E-state index is 0.532. The molecule has 2 aliphatic heterocycles. The van der Waals surface area contributed by atoms with Crippen LogP contribution in [0, 0.1) is 5.92 Å². The van der Waals surface area contributed by atoms with Crippen LogP contribution in [0.4, 0.5) is 0 Å². The molecule has 0 radical (unpaired) electrons. The van der Waals surface area contributed by atoms with E-state index in [1.165, 1.54) is 82.4 Å². The Labute approximate surface area is 182 Å². The number of rotatable bonds is 9. The van der Waals surface area contributed by atoms with E-state index in [1.807, 2.05) is 18.4 Å². The Kier molecular flexibility index (Phi) is 9.77. The monoisotopic (exact) mass is 419 g/mol. The summed E-state index contributed by atoms with van der Waals surface area (Å²) in [4.78, 5) is 11.1. The van der Waals surface area contributed by atoms with Crippen molar-refractivity contribution in [2.24, 2.45) is 10.9 Å².